The van der Waals surface area contributed by atoms with E-state index in [1.54, 1.807) is 0 Å². The summed E-state index contributed by atoms with van der Waals surface area (Å²) in [5, 5.41) is 55.6. The quantitative estimate of drug-likeness (QED) is 0.168. The normalized spacial score (nSPS) is 16.9. The van der Waals surface area contributed by atoms with Crippen LogP contribution in [0.2, 0.25) is 0 Å². The van der Waals surface area contributed by atoms with Crippen LogP contribution in [0.15, 0.2) is 54.6 Å². The van der Waals surface area contributed by atoms with Crippen LogP contribution in [0.5, 0.6) is 23.0 Å². The third-order valence-electron chi connectivity index (χ3n) is 6.42. The van der Waals surface area contributed by atoms with Crippen molar-refractivity contribution in [2.24, 2.45) is 0 Å². The number of aromatic carboxylic acids is 1. The molecule has 1 saturated heterocycles. The number of carbonyl (C=O) groups is 4. The third kappa shape index (κ3) is 5.97. The Hall–Kier alpha value is -5.10. The standard InChI is InChI=1S/C28H26N2O10/c31-16-8-6-14(7-9-16)28(39)40-22-5-2-10-29-13-18(22)30-26(36)17-3-1-4-19(32)23(17)25(35)24-20(33)11-15(27(37)38)12-21(24)34/h1,3-4,6-9,11-12,18,22,29,31-34H,2,5,10,13H2,(H,30,36)(H,37,38)/t18-,22+/m1/s1. The summed E-state index contributed by atoms with van der Waals surface area (Å²) in [4.78, 5) is 50.7. The van der Waals surface area contributed by atoms with Crippen LogP contribution in [-0.2, 0) is 4.74 Å². The zero-order valence-electron chi connectivity index (χ0n) is 21.0. The van der Waals surface area contributed by atoms with Gasteiger partial charge in [0, 0.05) is 6.54 Å². The number of ether oxygens (including phenoxy) is 1. The number of ketones is 1. The van der Waals surface area contributed by atoms with E-state index in [9.17, 15) is 39.6 Å². The van der Waals surface area contributed by atoms with Crippen LogP contribution < -0.4 is 10.6 Å². The predicted octanol–water partition coefficient (Wildman–Crippen LogP) is 2.15. The first-order chi connectivity index (χ1) is 19.1. The molecule has 3 aromatic rings. The molecule has 40 heavy (non-hydrogen) atoms. The van der Waals surface area contributed by atoms with Crippen molar-refractivity contribution in [3.8, 4) is 23.0 Å². The van der Waals surface area contributed by atoms with E-state index in [2.05, 4.69) is 10.6 Å². The second-order valence-electron chi connectivity index (χ2n) is 9.14. The lowest BCUT2D eigenvalue weighted by atomic mass is 9.94. The van der Waals surface area contributed by atoms with Crippen LogP contribution >= 0.6 is 0 Å². The van der Waals surface area contributed by atoms with Gasteiger partial charge in [-0.1, -0.05) is 6.07 Å². The number of rotatable bonds is 7. The number of hydrogen-bond acceptors (Lipinski definition) is 10. The number of esters is 1. The van der Waals surface area contributed by atoms with Gasteiger partial charge in [-0.2, -0.15) is 0 Å². The molecule has 2 atom stereocenters. The van der Waals surface area contributed by atoms with Crippen LogP contribution in [0.3, 0.4) is 0 Å². The fourth-order valence-corrected chi connectivity index (χ4v) is 4.41. The molecule has 1 amide bonds. The number of hydrogen-bond donors (Lipinski definition) is 7. The van der Waals surface area contributed by atoms with Gasteiger partial charge < -0.3 is 40.9 Å². The van der Waals surface area contributed by atoms with E-state index in [4.69, 9.17) is 9.84 Å². The maximum absolute atomic E-state index is 13.4. The Labute approximate surface area is 227 Å². The zero-order chi connectivity index (χ0) is 29.0. The molecule has 12 nitrogen and oxygen atoms in total. The minimum Gasteiger partial charge on any atom is -0.508 e. The van der Waals surface area contributed by atoms with Crippen molar-refractivity contribution in [1.29, 1.82) is 0 Å². The molecule has 0 radical (unpaired) electrons. The lowest BCUT2D eigenvalue weighted by Gasteiger charge is -2.26. The summed E-state index contributed by atoms with van der Waals surface area (Å²) in [6, 6.07) is 9.99. The summed E-state index contributed by atoms with van der Waals surface area (Å²) in [6.45, 7) is 0.819. The van der Waals surface area contributed by atoms with Gasteiger partial charge in [-0.3, -0.25) is 9.59 Å². The number of benzene rings is 3. The van der Waals surface area contributed by atoms with Crippen LogP contribution in [0.1, 0.15) is 59.8 Å². The average molecular weight is 551 g/mol. The van der Waals surface area contributed by atoms with Crippen LogP contribution in [0.4, 0.5) is 0 Å². The van der Waals surface area contributed by atoms with Gasteiger partial charge in [-0.15, -0.1) is 0 Å². The Morgan fingerprint density at radius 2 is 1.52 bits per heavy atom. The molecule has 1 fully saturated rings. The number of aromatic hydroxyl groups is 4. The number of carboxylic acid groups (broad SMARTS) is 1. The molecule has 1 aliphatic heterocycles. The van der Waals surface area contributed by atoms with Crippen molar-refractivity contribution in [3.05, 3.63) is 82.4 Å². The Morgan fingerprint density at radius 1 is 0.850 bits per heavy atom. The van der Waals surface area contributed by atoms with Crippen molar-refractivity contribution in [3.63, 3.8) is 0 Å². The van der Waals surface area contributed by atoms with Gasteiger partial charge in [0.25, 0.3) is 5.91 Å². The maximum atomic E-state index is 13.4. The van der Waals surface area contributed by atoms with Crippen LogP contribution in [0.25, 0.3) is 0 Å². The van der Waals surface area contributed by atoms with Gasteiger partial charge in [-0.25, -0.2) is 9.59 Å². The fraction of sp³-hybridized carbons (Fsp3) is 0.214. The minimum atomic E-state index is -1.45. The smallest absolute Gasteiger partial charge is 0.338 e. The van der Waals surface area contributed by atoms with Crippen molar-refractivity contribution in [1.82, 2.24) is 10.6 Å². The first-order valence-electron chi connectivity index (χ1n) is 12.2. The Balaban J connectivity index is 1.61. The number of phenolic OH excluding ortho intramolecular Hbond substituents is 4. The highest BCUT2D eigenvalue weighted by Crippen LogP contribution is 2.34. The molecule has 0 unspecified atom stereocenters. The molecular weight excluding hydrogens is 524 g/mol. The van der Waals surface area contributed by atoms with E-state index in [1.807, 2.05) is 0 Å². The van der Waals surface area contributed by atoms with Gasteiger partial charge in [0.2, 0.25) is 5.78 Å². The van der Waals surface area contributed by atoms with Crippen molar-refractivity contribution >= 4 is 23.6 Å². The molecule has 7 N–H and O–H groups in total. The highest BCUT2D eigenvalue weighted by Gasteiger charge is 2.32. The predicted molar refractivity (Wildman–Crippen MR) is 139 cm³/mol. The molecule has 4 rings (SSSR count). The summed E-state index contributed by atoms with van der Waals surface area (Å²) in [6.07, 6.45) is 0.291. The average Bonchev–Trinajstić information content (AvgIpc) is 3.12. The van der Waals surface area contributed by atoms with Crippen molar-refractivity contribution in [2.45, 2.75) is 25.0 Å². The number of carbonyl (C=O) groups excluding carboxylic acids is 3. The third-order valence-corrected chi connectivity index (χ3v) is 6.42. The molecule has 0 aromatic heterocycles. The molecule has 0 saturated carbocycles. The molecule has 1 aliphatic rings. The van der Waals surface area contributed by atoms with Gasteiger partial charge in [0.15, 0.2) is 0 Å². The number of nitrogens with one attached hydrogen (secondary N) is 2. The first-order valence-corrected chi connectivity index (χ1v) is 12.2. The van der Waals surface area contributed by atoms with Crippen LogP contribution in [0, 0.1) is 0 Å². The highest BCUT2D eigenvalue weighted by molar-refractivity contribution is 6.19. The molecule has 12 heteroatoms. The van der Waals surface area contributed by atoms with E-state index < -0.39 is 69.7 Å². The van der Waals surface area contributed by atoms with Gasteiger partial charge in [0.05, 0.1) is 28.3 Å². The first kappa shape index (κ1) is 27.9. The Morgan fingerprint density at radius 3 is 2.17 bits per heavy atom. The summed E-state index contributed by atoms with van der Waals surface area (Å²) in [7, 11) is 0. The summed E-state index contributed by atoms with van der Waals surface area (Å²) < 4.78 is 5.67. The molecule has 1 heterocycles. The van der Waals surface area contributed by atoms with E-state index in [1.165, 1.54) is 36.4 Å². The largest absolute Gasteiger partial charge is 0.508 e. The van der Waals surface area contributed by atoms with Gasteiger partial charge in [0.1, 0.15) is 34.7 Å². The molecule has 0 aliphatic carbocycles. The zero-order valence-corrected chi connectivity index (χ0v) is 21.0. The summed E-state index contributed by atoms with van der Waals surface area (Å²) in [5.41, 5.74) is -1.80. The van der Waals surface area contributed by atoms with Gasteiger partial charge >= 0.3 is 11.9 Å². The second kappa shape index (κ2) is 11.7. The monoisotopic (exact) mass is 550 g/mol. The maximum Gasteiger partial charge on any atom is 0.338 e. The molecule has 0 spiro atoms. The molecule has 0 bridgehead atoms. The van der Waals surface area contributed by atoms with Crippen molar-refractivity contribution < 1.29 is 49.4 Å². The minimum absolute atomic E-state index is 0.0173. The van der Waals surface area contributed by atoms with Crippen molar-refractivity contribution in [2.75, 3.05) is 13.1 Å². The van der Waals surface area contributed by atoms with E-state index in [-0.39, 0.29) is 23.4 Å². The fourth-order valence-electron chi connectivity index (χ4n) is 4.41. The molecule has 3 aromatic carbocycles. The van der Waals surface area contributed by atoms with Gasteiger partial charge in [-0.05, 0) is 67.9 Å². The summed E-state index contributed by atoms with van der Waals surface area (Å²) in [5.74, 6) is -6.38. The molecule has 208 valence electrons. The SMILES string of the molecule is O=C(O)c1cc(O)c(C(=O)c2c(O)cccc2C(=O)N[C@@H]2CNCCC[C@@H]2OC(=O)c2ccc(O)cc2)c(O)c1. The molecular formula is C28H26N2O10. The number of amides is 1. The number of carboxylic acids is 1. The Kier molecular flexibility index (Phi) is 8.20. The van der Waals surface area contributed by atoms with E-state index >= 15 is 0 Å². The number of phenols is 4. The van der Waals surface area contributed by atoms with E-state index in [0.717, 1.165) is 18.2 Å². The van der Waals surface area contributed by atoms with Crippen LogP contribution in [-0.4, -0.2) is 74.4 Å². The lowest BCUT2D eigenvalue weighted by Crippen LogP contribution is -2.49. The topological polar surface area (TPSA) is 203 Å². The second-order valence-corrected chi connectivity index (χ2v) is 9.14. The Bertz CT molecular complexity index is 1450. The lowest BCUT2D eigenvalue weighted by molar-refractivity contribution is 0.0192. The summed E-state index contributed by atoms with van der Waals surface area (Å²) >= 11 is 0. The van der Waals surface area contributed by atoms with E-state index in [0.29, 0.717) is 19.4 Å². The highest BCUT2D eigenvalue weighted by atomic mass is 16.5.